The van der Waals surface area contributed by atoms with E-state index in [1.165, 1.54) is 7.11 Å². The molecule has 0 radical (unpaired) electrons. The van der Waals surface area contributed by atoms with Gasteiger partial charge in [-0.3, -0.25) is 4.98 Å². The fourth-order valence-electron chi connectivity index (χ4n) is 2.07. The number of anilines is 1. The van der Waals surface area contributed by atoms with Gasteiger partial charge in [-0.2, -0.15) is 4.98 Å². The number of ether oxygens (including phenoxy) is 2. The third-order valence-corrected chi connectivity index (χ3v) is 3.25. The lowest BCUT2D eigenvalue weighted by Crippen LogP contribution is -2.21. The summed E-state index contributed by atoms with van der Waals surface area (Å²) in [5, 5.41) is 0. The standard InChI is InChI=1S/C15H21N5O2/c1-5-6-9-20(2)13-12(16-7-8-17-13)11-10-18-15(22-4)19-14(11)21-3/h7-8,10H,5-6,9H2,1-4H3. The summed E-state index contributed by atoms with van der Waals surface area (Å²) in [6, 6.07) is 0.255. The van der Waals surface area contributed by atoms with Gasteiger partial charge in [0.2, 0.25) is 5.88 Å². The maximum atomic E-state index is 5.34. The van der Waals surface area contributed by atoms with Gasteiger partial charge >= 0.3 is 6.01 Å². The SMILES string of the molecule is CCCCN(C)c1nccnc1-c1cnc(OC)nc1OC. The summed E-state index contributed by atoms with van der Waals surface area (Å²) in [4.78, 5) is 19.3. The molecular weight excluding hydrogens is 282 g/mol. The van der Waals surface area contributed by atoms with Crippen molar-refractivity contribution in [2.45, 2.75) is 19.8 Å². The third kappa shape index (κ3) is 3.41. The van der Waals surface area contributed by atoms with Crippen molar-refractivity contribution in [2.75, 3.05) is 32.7 Å². The van der Waals surface area contributed by atoms with E-state index in [0.717, 1.165) is 25.2 Å². The molecule has 2 aromatic heterocycles. The van der Waals surface area contributed by atoms with E-state index < -0.39 is 0 Å². The van der Waals surface area contributed by atoms with Gasteiger partial charge in [-0.15, -0.1) is 0 Å². The Morgan fingerprint density at radius 1 is 1.09 bits per heavy atom. The molecule has 0 atom stereocenters. The lowest BCUT2D eigenvalue weighted by Gasteiger charge is -2.20. The summed E-state index contributed by atoms with van der Waals surface area (Å²) >= 11 is 0. The van der Waals surface area contributed by atoms with E-state index in [2.05, 4.69) is 31.8 Å². The fraction of sp³-hybridized carbons (Fsp3) is 0.467. The zero-order valence-electron chi connectivity index (χ0n) is 13.4. The van der Waals surface area contributed by atoms with E-state index in [0.29, 0.717) is 17.1 Å². The van der Waals surface area contributed by atoms with Crippen LogP contribution in [0.1, 0.15) is 19.8 Å². The molecule has 0 saturated heterocycles. The minimum atomic E-state index is 0.255. The number of nitrogens with zero attached hydrogens (tertiary/aromatic N) is 5. The van der Waals surface area contributed by atoms with Crippen LogP contribution in [0.4, 0.5) is 5.82 Å². The summed E-state index contributed by atoms with van der Waals surface area (Å²) in [5.74, 6) is 1.19. The number of hydrogen-bond donors (Lipinski definition) is 0. The number of unbranched alkanes of at least 4 members (excludes halogenated alkanes) is 1. The summed E-state index contributed by atoms with van der Waals surface area (Å²) in [6.45, 7) is 3.06. The van der Waals surface area contributed by atoms with Gasteiger partial charge in [0.15, 0.2) is 5.82 Å². The fourth-order valence-corrected chi connectivity index (χ4v) is 2.07. The minimum Gasteiger partial charge on any atom is -0.480 e. The first kappa shape index (κ1) is 15.9. The molecule has 0 bridgehead atoms. The van der Waals surface area contributed by atoms with Crippen LogP contribution in [0.15, 0.2) is 18.6 Å². The third-order valence-electron chi connectivity index (χ3n) is 3.25. The van der Waals surface area contributed by atoms with Crippen LogP contribution in [0.5, 0.6) is 11.9 Å². The van der Waals surface area contributed by atoms with Gasteiger partial charge in [0.05, 0.1) is 19.8 Å². The van der Waals surface area contributed by atoms with Crippen molar-refractivity contribution in [3.8, 4) is 23.1 Å². The predicted molar refractivity (Wildman–Crippen MR) is 84.3 cm³/mol. The predicted octanol–water partition coefficient (Wildman–Crippen LogP) is 2.19. The molecule has 0 N–H and O–H groups in total. The summed E-state index contributed by atoms with van der Waals surface area (Å²) in [5.41, 5.74) is 1.38. The van der Waals surface area contributed by atoms with Crippen LogP contribution in [-0.4, -0.2) is 47.7 Å². The topological polar surface area (TPSA) is 73.3 Å². The molecule has 2 heterocycles. The molecule has 2 rings (SSSR count). The van der Waals surface area contributed by atoms with Gasteiger partial charge in [-0.1, -0.05) is 13.3 Å². The highest BCUT2D eigenvalue weighted by molar-refractivity contribution is 5.74. The molecule has 118 valence electrons. The Morgan fingerprint density at radius 2 is 1.86 bits per heavy atom. The highest BCUT2D eigenvalue weighted by Crippen LogP contribution is 2.32. The Balaban J connectivity index is 2.44. The van der Waals surface area contributed by atoms with Crippen LogP contribution >= 0.6 is 0 Å². The van der Waals surface area contributed by atoms with Crippen molar-refractivity contribution in [1.29, 1.82) is 0 Å². The first-order valence-electron chi connectivity index (χ1n) is 7.18. The first-order valence-corrected chi connectivity index (χ1v) is 7.18. The molecule has 0 aromatic carbocycles. The molecule has 0 fully saturated rings. The van der Waals surface area contributed by atoms with Crippen LogP contribution in [0.2, 0.25) is 0 Å². The summed E-state index contributed by atoms with van der Waals surface area (Å²) < 4.78 is 10.4. The maximum absolute atomic E-state index is 5.34. The van der Waals surface area contributed by atoms with E-state index in [1.807, 2.05) is 7.05 Å². The van der Waals surface area contributed by atoms with Gasteiger partial charge in [-0.25, -0.2) is 9.97 Å². The van der Waals surface area contributed by atoms with Crippen molar-refractivity contribution in [1.82, 2.24) is 19.9 Å². The molecule has 0 unspecified atom stereocenters. The number of rotatable bonds is 7. The van der Waals surface area contributed by atoms with Gasteiger partial charge < -0.3 is 14.4 Å². The largest absolute Gasteiger partial charge is 0.480 e. The average Bonchev–Trinajstić information content (AvgIpc) is 2.59. The number of aromatic nitrogens is 4. The second kappa shape index (κ2) is 7.53. The summed E-state index contributed by atoms with van der Waals surface area (Å²) in [7, 11) is 5.07. The lowest BCUT2D eigenvalue weighted by molar-refractivity contribution is 0.353. The van der Waals surface area contributed by atoms with Gasteiger partial charge in [0, 0.05) is 32.2 Å². The Hall–Kier alpha value is -2.44. The Bertz CT molecular complexity index is 621. The van der Waals surface area contributed by atoms with E-state index >= 15 is 0 Å². The van der Waals surface area contributed by atoms with E-state index in [9.17, 15) is 0 Å². The van der Waals surface area contributed by atoms with Gasteiger partial charge in [-0.05, 0) is 6.42 Å². The van der Waals surface area contributed by atoms with Crippen LogP contribution < -0.4 is 14.4 Å². The average molecular weight is 303 g/mol. The molecule has 0 spiro atoms. The van der Waals surface area contributed by atoms with Crippen LogP contribution in [0, 0.1) is 0 Å². The molecule has 7 nitrogen and oxygen atoms in total. The summed E-state index contributed by atoms with van der Waals surface area (Å²) in [6.07, 6.45) is 7.18. The molecule has 7 heteroatoms. The van der Waals surface area contributed by atoms with Gasteiger partial charge in [0.25, 0.3) is 0 Å². The van der Waals surface area contributed by atoms with E-state index in [4.69, 9.17) is 9.47 Å². The van der Waals surface area contributed by atoms with Gasteiger partial charge in [0.1, 0.15) is 5.69 Å². The maximum Gasteiger partial charge on any atom is 0.319 e. The Labute approximate surface area is 130 Å². The Morgan fingerprint density at radius 3 is 2.55 bits per heavy atom. The normalized spacial score (nSPS) is 10.4. The van der Waals surface area contributed by atoms with Crippen molar-refractivity contribution >= 4 is 5.82 Å². The van der Waals surface area contributed by atoms with Crippen molar-refractivity contribution in [3.63, 3.8) is 0 Å². The quantitative estimate of drug-likeness (QED) is 0.776. The smallest absolute Gasteiger partial charge is 0.319 e. The van der Waals surface area contributed by atoms with Crippen LogP contribution in [-0.2, 0) is 0 Å². The second-order valence-corrected chi connectivity index (χ2v) is 4.78. The zero-order valence-corrected chi connectivity index (χ0v) is 13.4. The molecule has 2 aromatic rings. The highest BCUT2D eigenvalue weighted by atomic mass is 16.5. The molecule has 0 aliphatic rings. The van der Waals surface area contributed by atoms with E-state index in [-0.39, 0.29) is 6.01 Å². The minimum absolute atomic E-state index is 0.255. The van der Waals surface area contributed by atoms with Crippen molar-refractivity contribution in [3.05, 3.63) is 18.6 Å². The molecule has 22 heavy (non-hydrogen) atoms. The molecule has 0 saturated carbocycles. The molecular formula is C15H21N5O2. The molecule has 0 amide bonds. The van der Waals surface area contributed by atoms with Crippen LogP contribution in [0.3, 0.4) is 0 Å². The van der Waals surface area contributed by atoms with E-state index in [1.54, 1.807) is 25.7 Å². The molecule has 0 aliphatic carbocycles. The molecule has 0 aliphatic heterocycles. The Kier molecular flexibility index (Phi) is 5.46. The monoisotopic (exact) mass is 303 g/mol. The number of methoxy groups -OCH3 is 2. The first-order chi connectivity index (χ1) is 10.7. The van der Waals surface area contributed by atoms with Crippen molar-refractivity contribution < 1.29 is 9.47 Å². The zero-order chi connectivity index (χ0) is 15.9. The second-order valence-electron chi connectivity index (χ2n) is 4.78. The number of hydrogen-bond acceptors (Lipinski definition) is 7. The lowest BCUT2D eigenvalue weighted by atomic mass is 10.2. The highest BCUT2D eigenvalue weighted by Gasteiger charge is 2.18. The van der Waals surface area contributed by atoms with Crippen molar-refractivity contribution in [2.24, 2.45) is 0 Å². The van der Waals surface area contributed by atoms with Crippen LogP contribution in [0.25, 0.3) is 11.3 Å².